The minimum atomic E-state index is -0.607. The van der Waals surface area contributed by atoms with E-state index in [0.717, 1.165) is 32.1 Å². The summed E-state index contributed by atoms with van der Waals surface area (Å²) >= 11 is 0. The first-order valence-corrected chi connectivity index (χ1v) is 6.00. The van der Waals surface area contributed by atoms with Crippen molar-refractivity contribution in [2.24, 2.45) is 11.3 Å². The maximum atomic E-state index is 11.4. The summed E-state index contributed by atoms with van der Waals surface area (Å²) in [5.74, 6) is -0.282. The van der Waals surface area contributed by atoms with Crippen LogP contribution < -0.4 is 0 Å². The number of esters is 1. The molecule has 2 aliphatic carbocycles. The lowest BCUT2D eigenvalue weighted by atomic mass is 9.67. The Morgan fingerprint density at radius 2 is 2.19 bits per heavy atom. The van der Waals surface area contributed by atoms with Gasteiger partial charge < -0.3 is 9.84 Å². The van der Waals surface area contributed by atoms with Crippen LogP contribution in [0.2, 0.25) is 0 Å². The van der Waals surface area contributed by atoms with Gasteiger partial charge in [-0.25, -0.2) is 0 Å². The molecule has 1 N–H and O–H groups in total. The Balaban J connectivity index is 2.16. The lowest BCUT2D eigenvalue weighted by molar-refractivity contribution is -0.144. The molecule has 16 heavy (non-hydrogen) atoms. The predicted molar refractivity (Wildman–Crippen MR) is 60.8 cm³/mol. The highest BCUT2D eigenvalue weighted by Crippen LogP contribution is 2.52. The quantitative estimate of drug-likeness (QED) is 0.547. The van der Waals surface area contributed by atoms with Crippen molar-refractivity contribution in [2.75, 3.05) is 7.11 Å². The number of aliphatic hydroxyl groups is 1. The molecule has 0 aliphatic heterocycles. The van der Waals surface area contributed by atoms with Crippen LogP contribution in [-0.2, 0) is 9.53 Å². The van der Waals surface area contributed by atoms with Crippen LogP contribution >= 0.6 is 0 Å². The van der Waals surface area contributed by atoms with Crippen molar-refractivity contribution in [2.45, 2.75) is 44.6 Å². The first kappa shape index (κ1) is 11.6. The molecule has 0 aromatic carbocycles. The van der Waals surface area contributed by atoms with Crippen molar-refractivity contribution in [1.82, 2.24) is 0 Å². The summed E-state index contributed by atoms with van der Waals surface area (Å²) in [6.45, 7) is 1.92. The molecular weight excluding hydrogens is 204 g/mol. The number of ether oxygens (including phenoxy) is 1. The van der Waals surface area contributed by atoms with E-state index in [-0.39, 0.29) is 17.3 Å². The van der Waals surface area contributed by atoms with Crippen LogP contribution in [0.1, 0.15) is 39.0 Å². The predicted octanol–water partition coefficient (Wildman–Crippen LogP) is 2.05. The number of rotatable bonds is 1. The van der Waals surface area contributed by atoms with Crippen LogP contribution in [0.25, 0.3) is 0 Å². The summed E-state index contributed by atoms with van der Waals surface area (Å²) in [5, 5.41) is 10.4. The van der Waals surface area contributed by atoms with Crippen molar-refractivity contribution >= 4 is 5.97 Å². The van der Waals surface area contributed by atoms with Crippen molar-refractivity contribution in [3.05, 3.63) is 12.2 Å². The SMILES string of the molecule is COC(=O)[C@H]1C=C[C@@]2(CCC[C@@]2(C)O)CC1. The highest BCUT2D eigenvalue weighted by atomic mass is 16.5. The van der Waals surface area contributed by atoms with Gasteiger partial charge in [0.25, 0.3) is 0 Å². The summed E-state index contributed by atoms with van der Waals surface area (Å²) in [4.78, 5) is 11.4. The molecule has 3 atom stereocenters. The third-order valence-electron chi connectivity index (χ3n) is 4.41. The number of hydrogen-bond acceptors (Lipinski definition) is 3. The third-order valence-corrected chi connectivity index (χ3v) is 4.41. The molecule has 3 nitrogen and oxygen atoms in total. The molecule has 0 aromatic rings. The van der Waals surface area contributed by atoms with Gasteiger partial charge in [-0.2, -0.15) is 0 Å². The standard InChI is InChI=1S/C13H20O3/c1-12(15)6-3-7-13(12)8-4-10(5-9-13)11(14)16-2/h4,8,10,15H,3,5-7,9H2,1-2H3/t10-,12+,13-/m0/s1. The molecule has 0 heterocycles. The average molecular weight is 224 g/mol. The molecule has 2 aliphatic rings. The van der Waals surface area contributed by atoms with Crippen LogP contribution in [0.5, 0.6) is 0 Å². The van der Waals surface area contributed by atoms with Crippen LogP contribution in [0.15, 0.2) is 12.2 Å². The lowest BCUT2D eigenvalue weighted by Crippen LogP contribution is -2.42. The molecular formula is C13H20O3. The van der Waals surface area contributed by atoms with Crippen molar-refractivity contribution in [3.63, 3.8) is 0 Å². The van der Waals surface area contributed by atoms with Gasteiger partial charge in [0.1, 0.15) is 0 Å². The van der Waals surface area contributed by atoms with E-state index in [4.69, 9.17) is 4.74 Å². The minimum Gasteiger partial charge on any atom is -0.469 e. The van der Waals surface area contributed by atoms with Crippen LogP contribution in [-0.4, -0.2) is 23.8 Å². The molecule has 0 saturated heterocycles. The van der Waals surface area contributed by atoms with Crippen molar-refractivity contribution < 1.29 is 14.6 Å². The fraction of sp³-hybridized carbons (Fsp3) is 0.769. The van der Waals surface area contributed by atoms with E-state index in [1.807, 2.05) is 13.0 Å². The van der Waals surface area contributed by atoms with Gasteiger partial charge in [0.15, 0.2) is 0 Å². The van der Waals surface area contributed by atoms with Gasteiger partial charge in [-0.15, -0.1) is 0 Å². The number of carbonyl (C=O) groups excluding carboxylic acids is 1. The normalized spacial score (nSPS) is 42.6. The lowest BCUT2D eigenvalue weighted by Gasteiger charge is -2.41. The van der Waals surface area contributed by atoms with Gasteiger partial charge in [0, 0.05) is 5.41 Å². The molecule has 1 fully saturated rings. The second kappa shape index (κ2) is 3.88. The van der Waals surface area contributed by atoms with Gasteiger partial charge in [-0.1, -0.05) is 12.2 Å². The molecule has 1 saturated carbocycles. The Morgan fingerprint density at radius 1 is 1.44 bits per heavy atom. The molecule has 2 rings (SSSR count). The molecule has 0 bridgehead atoms. The Kier molecular flexibility index (Phi) is 2.82. The van der Waals surface area contributed by atoms with E-state index in [0.29, 0.717) is 0 Å². The van der Waals surface area contributed by atoms with E-state index in [2.05, 4.69) is 6.08 Å². The molecule has 0 amide bonds. The molecule has 0 radical (unpaired) electrons. The third kappa shape index (κ3) is 1.67. The van der Waals surface area contributed by atoms with E-state index in [1.165, 1.54) is 7.11 Å². The highest BCUT2D eigenvalue weighted by molar-refractivity contribution is 5.74. The van der Waals surface area contributed by atoms with Crippen molar-refractivity contribution in [1.29, 1.82) is 0 Å². The van der Waals surface area contributed by atoms with E-state index >= 15 is 0 Å². The topological polar surface area (TPSA) is 46.5 Å². The zero-order chi connectivity index (χ0) is 11.8. The smallest absolute Gasteiger partial charge is 0.312 e. The van der Waals surface area contributed by atoms with Gasteiger partial charge in [0.05, 0.1) is 18.6 Å². The maximum absolute atomic E-state index is 11.4. The molecule has 3 heteroatoms. The zero-order valence-corrected chi connectivity index (χ0v) is 10.0. The Hall–Kier alpha value is -0.830. The molecule has 1 spiro atoms. The maximum Gasteiger partial charge on any atom is 0.312 e. The van der Waals surface area contributed by atoms with Gasteiger partial charge in [-0.3, -0.25) is 4.79 Å². The Morgan fingerprint density at radius 3 is 2.62 bits per heavy atom. The summed E-state index contributed by atoms with van der Waals surface area (Å²) in [7, 11) is 1.42. The first-order chi connectivity index (χ1) is 7.51. The Labute approximate surface area is 96.5 Å². The first-order valence-electron chi connectivity index (χ1n) is 6.00. The molecule has 0 unspecified atom stereocenters. The van der Waals surface area contributed by atoms with Crippen molar-refractivity contribution in [3.8, 4) is 0 Å². The monoisotopic (exact) mass is 224 g/mol. The Bertz CT molecular complexity index is 319. The van der Waals surface area contributed by atoms with Gasteiger partial charge in [-0.05, 0) is 39.0 Å². The van der Waals surface area contributed by atoms with Gasteiger partial charge in [0.2, 0.25) is 0 Å². The summed E-state index contributed by atoms with van der Waals surface area (Å²) < 4.78 is 4.74. The number of carbonyl (C=O) groups is 1. The second-order valence-electron chi connectivity index (χ2n) is 5.31. The minimum absolute atomic E-state index is 0.0997. The largest absolute Gasteiger partial charge is 0.469 e. The average Bonchev–Trinajstić information content (AvgIpc) is 2.55. The van der Waals surface area contributed by atoms with Crippen LogP contribution in [0, 0.1) is 11.3 Å². The van der Waals surface area contributed by atoms with Crippen LogP contribution in [0.4, 0.5) is 0 Å². The summed E-state index contributed by atoms with van der Waals surface area (Å²) in [6.07, 6.45) is 8.63. The van der Waals surface area contributed by atoms with Gasteiger partial charge >= 0.3 is 5.97 Å². The van der Waals surface area contributed by atoms with E-state index < -0.39 is 5.60 Å². The fourth-order valence-corrected chi connectivity index (χ4v) is 3.16. The molecule has 90 valence electrons. The summed E-state index contributed by atoms with van der Waals surface area (Å²) in [6, 6.07) is 0. The second-order valence-corrected chi connectivity index (χ2v) is 5.31. The molecule has 0 aromatic heterocycles. The zero-order valence-electron chi connectivity index (χ0n) is 10.0. The number of methoxy groups -OCH3 is 1. The highest BCUT2D eigenvalue weighted by Gasteiger charge is 2.50. The van der Waals surface area contributed by atoms with Crippen LogP contribution in [0.3, 0.4) is 0 Å². The van der Waals surface area contributed by atoms with E-state index in [9.17, 15) is 9.90 Å². The number of hydrogen-bond donors (Lipinski definition) is 1. The fourth-order valence-electron chi connectivity index (χ4n) is 3.16. The van der Waals surface area contributed by atoms with E-state index in [1.54, 1.807) is 0 Å². The summed E-state index contributed by atoms with van der Waals surface area (Å²) in [5.41, 5.74) is -0.706.